The molecule has 1 atom stereocenters. The standard InChI is InChI=1S/C24H22ClFN2O4/c25-19-10-11-21(26)20(12-19)17-8-6-16(7-9-17)13-28(27)14-22(29)24(31)32-15-23(30)18-4-2-1-3-5-18/h1-12,22,29H,13-15,27H2/t22-/m1/s1. The highest BCUT2D eigenvalue weighted by Crippen LogP contribution is 2.26. The number of nitrogens with zero attached hydrogens (tertiary/aromatic N) is 1. The largest absolute Gasteiger partial charge is 0.455 e. The molecule has 0 saturated carbocycles. The second-order valence-corrected chi connectivity index (χ2v) is 7.60. The fourth-order valence-electron chi connectivity index (χ4n) is 3.04. The molecule has 0 spiro atoms. The molecule has 0 aliphatic rings. The van der Waals surface area contributed by atoms with E-state index in [1.54, 1.807) is 60.7 Å². The number of hydrogen-bond donors (Lipinski definition) is 2. The lowest BCUT2D eigenvalue weighted by Crippen LogP contribution is -2.41. The molecule has 3 aromatic rings. The maximum absolute atomic E-state index is 14.0. The molecular weight excluding hydrogens is 435 g/mol. The van der Waals surface area contributed by atoms with Gasteiger partial charge in [-0.05, 0) is 29.3 Å². The van der Waals surface area contributed by atoms with Gasteiger partial charge in [-0.15, -0.1) is 0 Å². The average molecular weight is 457 g/mol. The Morgan fingerprint density at radius 1 is 1.06 bits per heavy atom. The van der Waals surface area contributed by atoms with Gasteiger partial charge < -0.3 is 9.84 Å². The van der Waals surface area contributed by atoms with Crippen molar-refractivity contribution in [3.8, 4) is 11.1 Å². The molecular formula is C24H22ClFN2O4. The van der Waals surface area contributed by atoms with Crippen molar-refractivity contribution in [1.29, 1.82) is 0 Å². The molecule has 8 heteroatoms. The van der Waals surface area contributed by atoms with Gasteiger partial charge in [0.15, 0.2) is 18.5 Å². The molecule has 3 N–H and O–H groups in total. The van der Waals surface area contributed by atoms with Gasteiger partial charge in [-0.25, -0.2) is 14.2 Å². The summed E-state index contributed by atoms with van der Waals surface area (Å²) < 4.78 is 18.9. The Morgan fingerprint density at radius 2 is 1.75 bits per heavy atom. The fraction of sp³-hybridized carbons (Fsp3) is 0.167. The monoisotopic (exact) mass is 456 g/mol. The maximum atomic E-state index is 14.0. The minimum atomic E-state index is -1.51. The van der Waals surface area contributed by atoms with E-state index in [1.165, 1.54) is 17.1 Å². The summed E-state index contributed by atoms with van der Waals surface area (Å²) in [6, 6.07) is 19.7. The molecule has 3 rings (SSSR count). The van der Waals surface area contributed by atoms with Gasteiger partial charge in [0.1, 0.15) is 5.82 Å². The van der Waals surface area contributed by atoms with E-state index in [4.69, 9.17) is 22.2 Å². The Balaban J connectivity index is 1.50. The highest BCUT2D eigenvalue weighted by Gasteiger charge is 2.20. The summed E-state index contributed by atoms with van der Waals surface area (Å²) in [7, 11) is 0. The van der Waals surface area contributed by atoms with Crippen LogP contribution in [0.2, 0.25) is 5.02 Å². The summed E-state index contributed by atoms with van der Waals surface area (Å²) in [5, 5.41) is 11.7. The Kier molecular flexibility index (Phi) is 8.08. The predicted octanol–water partition coefficient (Wildman–Crippen LogP) is 3.61. The van der Waals surface area contributed by atoms with E-state index in [1.807, 2.05) is 0 Å². The van der Waals surface area contributed by atoms with Gasteiger partial charge >= 0.3 is 5.97 Å². The number of nitrogens with two attached hydrogens (primary N) is 1. The summed E-state index contributed by atoms with van der Waals surface area (Å²) in [6.07, 6.45) is -1.51. The number of aliphatic hydroxyl groups excluding tert-OH is 1. The first-order chi connectivity index (χ1) is 15.3. The van der Waals surface area contributed by atoms with Gasteiger partial charge in [-0.1, -0.05) is 66.2 Å². The lowest BCUT2D eigenvalue weighted by Gasteiger charge is -2.19. The van der Waals surface area contributed by atoms with Crippen LogP contribution in [-0.2, 0) is 16.1 Å². The summed E-state index contributed by atoms with van der Waals surface area (Å²) >= 11 is 5.94. The normalized spacial score (nSPS) is 11.9. The van der Waals surface area contributed by atoms with E-state index < -0.39 is 18.7 Å². The van der Waals surface area contributed by atoms with Gasteiger partial charge in [0.25, 0.3) is 0 Å². The molecule has 32 heavy (non-hydrogen) atoms. The molecule has 0 unspecified atom stereocenters. The van der Waals surface area contributed by atoms with Crippen molar-refractivity contribution < 1.29 is 23.8 Å². The number of ether oxygens (including phenoxy) is 1. The van der Waals surface area contributed by atoms with Crippen LogP contribution in [0.25, 0.3) is 11.1 Å². The summed E-state index contributed by atoms with van der Waals surface area (Å²) in [5.74, 6) is 4.22. The number of hydrogen-bond acceptors (Lipinski definition) is 6. The van der Waals surface area contributed by atoms with E-state index in [0.29, 0.717) is 21.7 Å². The van der Waals surface area contributed by atoms with E-state index in [0.717, 1.165) is 5.56 Å². The lowest BCUT2D eigenvalue weighted by molar-refractivity contribution is -0.153. The van der Waals surface area contributed by atoms with Crippen molar-refractivity contribution in [2.75, 3.05) is 13.2 Å². The van der Waals surface area contributed by atoms with Crippen LogP contribution in [0.4, 0.5) is 4.39 Å². The zero-order valence-corrected chi connectivity index (χ0v) is 17.8. The number of hydrazine groups is 1. The van der Waals surface area contributed by atoms with Crippen LogP contribution in [0.5, 0.6) is 0 Å². The van der Waals surface area contributed by atoms with Crippen molar-refractivity contribution in [2.45, 2.75) is 12.6 Å². The van der Waals surface area contributed by atoms with Crippen molar-refractivity contribution in [3.63, 3.8) is 0 Å². The number of aliphatic hydroxyl groups is 1. The fourth-order valence-corrected chi connectivity index (χ4v) is 3.22. The van der Waals surface area contributed by atoms with Crippen molar-refractivity contribution in [1.82, 2.24) is 5.01 Å². The van der Waals surface area contributed by atoms with E-state index in [-0.39, 0.29) is 24.7 Å². The zero-order chi connectivity index (χ0) is 23.1. The van der Waals surface area contributed by atoms with Gasteiger partial charge in [0.2, 0.25) is 0 Å². The highest BCUT2D eigenvalue weighted by atomic mass is 35.5. The number of rotatable bonds is 9. The molecule has 0 aromatic heterocycles. The van der Waals surface area contributed by atoms with Gasteiger partial charge in [0, 0.05) is 22.7 Å². The number of carbonyl (C=O) groups excluding carboxylic acids is 2. The molecule has 6 nitrogen and oxygen atoms in total. The number of benzene rings is 3. The predicted molar refractivity (Wildman–Crippen MR) is 119 cm³/mol. The van der Waals surface area contributed by atoms with Crippen molar-refractivity contribution in [2.24, 2.45) is 5.84 Å². The molecule has 0 saturated heterocycles. The molecule has 0 fully saturated rings. The Hall–Kier alpha value is -3.10. The third-order valence-electron chi connectivity index (χ3n) is 4.70. The second kappa shape index (κ2) is 11.0. The lowest BCUT2D eigenvalue weighted by atomic mass is 10.0. The Labute approximate surface area is 190 Å². The molecule has 3 aromatic carbocycles. The minimum Gasteiger partial charge on any atom is -0.455 e. The van der Waals surface area contributed by atoms with Gasteiger partial charge in [-0.2, -0.15) is 0 Å². The number of halogens is 2. The van der Waals surface area contributed by atoms with Crippen LogP contribution in [0.15, 0.2) is 72.8 Å². The topological polar surface area (TPSA) is 92.9 Å². The second-order valence-electron chi connectivity index (χ2n) is 7.16. The van der Waals surface area contributed by atoms with Gasteiger partial charge in [0.05, 0.1) is 6.54 Å². The summed E-state index contributed by atoms with van der Waals surface area (Å²) in [6.45, 7) is -0.430. The molecule has 0 radical (unpaired) electrons. The smallest absolute Gasteiger partial charge is 0.336 e. The maximum Gasteiger partial charge on any atom is 0.336 e. The molecule has 166 valence electrons. The average Bonchev–Trinajstić information content (AvgIpc) is 2.79. The van der Waals surface area contributed by atoms with Gasteiger partial charge in [-0.3, -0.25) is 10.6 Å². The number of ketones is 1. The first-order valence-corrected chi connectivity index (χ1v) is 10.2. The van der Waals surface area contributed by atoms with Crippen LogP contribution in [0.3, 0.4) is 0 Å². The van der Waals surface area contributed by atoms with E-state index >= 15 is 0 Å². The van der Waals surface area contributed by atoms with Crippen molar-refractivity contribution >= 4 is 23.4 Å². The van der Waals surface area contributed by atoms with E-state index in [2.05, 4.69) is 0 Å². The third kappa shape index (κ3) is 6.45. The van der Waals surface area contributed by atoms with E-state index in [9.17, 15) is 19.1 Å². The van der Waals surface area contributed by atoms with Crippen LogP contribution in [0, 0.1) is 5.82 Å². The molecule has 0 amide bonds. The zero-order valence-electron chi connectivity index (χ0n) is 17.1. The van der Waals surface area contributed by atoms with Crippen LogP contribution >= 0.6 is 11.6 Å². The highest BCUT2D eigenvalue weighted by molar-refractivity contribution is 6.30. The number of Topliss-reactive ketones (excluding diaryl/α,β-unsaturated/α-hetero) is 1. The Bertz CT molecular complexity index is 1080. The first kappa shape index (κ1) is 23.6. The first-order valence-electron chi connectivity index (χ1n) is 9.80. The molecule has 0 heterocycles. The SMILES string of the molecule is NN(Cc1ccc(-c2cc(Cl)ccc2F)cc1)C[C@@H](O)C(=O)OCC(=O)c1ccccc1. The van der Waals surface area contributed by atoms with Crippen LogP contribution < -0.4 is 5.84 Å². The quantitative estimate of drug-likeness (QED) is 0.221. The third-order valence-corrected chi connectivity index (χ3v) is 4.93. The molecule has 0 bridgehead atoms. The number of esters is 1. The number of carbonyl (C=O) groups is 2. The minimum absolute atomic E-state index is 0.191. The summed E-state index contributed by atoms with van der Waals surface area (Å²) in [5.41, 5.74) is 2.25. The Morgan fingerprint density at radius 3 is 2.44 bits per heavy atom. The molecule has 0 aliphatic heterocycles. The van der Waals surface area contributed by atoms with Crippen LogP contribution in [0.1, 0.15) is 15.9 Å². The summed E-state index contributed by atoms with van der Waals surface area (Å²) in [4.78, 5) is 24.0. The van der Waals surface area contributed by atoms with Crippen LogP contribution in [-0.4, -0.2) is 41.1 Å². The molecule has 0 aliphatic carbocycles. The van der Waals surface area contributed by atoms with Crippen molar-refractivity contribution in [3.05, 3.63) is 94.8 Å².